The molecule has 2 aromatic rings. The summed E-state index contributed by atoms with van der Waals surface area (Å²) in [4.78, 5) is 12.9. The molecule has 3 rings (SSSR count). The molecule has 1 N–H and O–H groups in total. The number of rotatable bonds is 4. The molecule has 1 fully saturated rings. The summed E-state index contributed by atoms with van der Waals surface area (Å²) < 4.78 is 27.5. The number of nitrogens with zero attached hydrogens (tertiary/aromatic N) is 1. The molecule has 1 aliphatic rings. The molecule has 1 amide bonds. The minimum atomic E-state index is -3.56. The summed E-state index contributed by atoms with van der Waals surface area (Å²) in [5, 5.41) is 3.62. The second-order valence-electron chi connectivity index (χ2n) is 7.07. The number of hydrogen-bond donors (Lipinski definition) is 1. The number of anilines is 1. The summed E-state index contributed by atoms with van der Waals surface area (Å²) in [7, 11) is -3.56. The van der Waals surface area contributed by atoms with Gasteiger partial charge in [0.1, 0.15) is 0 Å². The van der Waals surface area contributed by atoms with Crippen molar-refractivity contribution in [3.8, 4) is 0 Å². The zero-order valence-corrected chi connectivity index (χ0v) is 18.0. The van der Waals surface area contributed by atoms with Crippen LogP contribution in [0.4, 0.5) is 5.69 Å². The van der Waals surface area contributed by atoms with Gasteiger partial charge in [-0.15, -0.1) is 0 Å². The van der Waals surface area contributed by atoms with Gasteiger partial charge in [-0.3, -0.25) is 4.79 Å². The van der Waals surface area contributed by atoms with Gasteiger partial charge in [-0.1, -0.05) is 35.3 Å². The summed E-state index contributed by atoms with van der Waals surface area (Å²) in [6.07, 6.45) is 0.939. The Morgan fingerprint density at radius 2 is 1.71 bits per heavy atom. The van der Waals surface area contributed by atoms with Crippen LogP contribution in [0, 0.1) is 19.8 Å². The molecule has 150 valence electrons. The van der Waals surface area contributed by atoms with Crippen LogP contribution >= 0.6 is 23.2 Å². The number of hydrogen-bond acceptors (Lipinski definition) is 3. The molecule has 1 heterocycles. The van der Waals surface area contributed by atoms with Crippen molar-refractivity contribution in [2.75, 3.05) is 18.4 Å². The van der Waals surface area contributed by atoms with Gasteiger partial charge in [0, 0.05) is 24.7 Å². The van der Waals surface area contributed by atoms with Crippen LogP contribution in [0.3, 0.4) is 0 Å². The Labute approximate surface area is 175 Å². The summed E-state index contributed by atoms with van der Waals surface area (Å²) in [6, 6.07) is 10.3. The van der Waals surface area contributed by atoms with Crippen LogP contribution in [0.15, 0.2) is 41.3 Å². The largest absolute Gasteiger partial charge is 0.326 e. The predicted molar refractivity (Wildman–Crippen MR) is 112 cm³/mol. The molecule has 5 nitrogen and oxygen atoms in total. The Morgan fingerprint density at radius 3 is 2.36 bits per heavy atom. The van der Waals surface area contributed by atoms with E-state index in [1.807, 2.05) is 19.1 Å². The lowest BCUT2D eigenvalue weighted by Crippen LogP contribution is -2.41. The number of halogens is 2. The number of carbonyl (C=O) groups excluding carboxylic acids is 1. The van der Waals surface area contributed by atoms with E-state index in [0.717, 1.165) is 11.1 Å². The van der Waals surface area contributed by atoms with E-state index in [9.17, 15) is 13.2 Å². The first-order valence-corrected chi connectivity index (χ1v) is 11.2. The lowest BCUT2D eigenvalue weighted by Gasteiger charge is -2.31. The maximum Gasteiger partial charge on any atom is 0.243 e. The van der Waals surface area contributed by atoms with Crippen LogP contribution < -0.4 is 5.32 Å². The lowest BCUT2D eigenvalue weighted by atomic mass is 9.97. The molecule has 0 saturated carbocycles. The average Bonchev–Trinajstić information content (AvgIpc) is 2.66. The van der Waals surface area contributed by atoms with Crippen molar-refractivity contribution in [1.82, 2.24) is 4.31 Å². The normalized spacial score (nSPS) is 16.1. The molecular weight excluding hydrogens is 419 g/mol. The number of amides is 1. The molecule has 0 radical (unpaired) electrons. The van der Waals surface area contributed by atoms with Crippen LogP contribution in [0.25, 0.3) is 0 Å². The lowest BCUT2D eigenvalue weighted by molar-refractivity contribution is -0.120. The molecular formula is C20H22Cl2N2O3S. The van der Waals surface area contributed by atoms with E-state index in [1.54, 1.807) is 31.2 Å². The van der Waals surface area contributed by atoms with Gasteiger partial charge in [0.2, 0.25) is 15.9 Å². The first-order chi connectivity index (χ1) is 13.2. The molecule has 0 spiro atoms. The monoisotopic (exact) mass is 440 g/mol. The summed E-state index contributed by atoms with van der Waals surface area (Å²) in [6.45, 7) is 4.30. The minimum absolute atomic E-state index is 0.137. The maximum absolute atomic E-state index is 13.0. The van der Waals surface area contributed by atoms with Gasteiger partial charge in [-0.05, 0) is 62.1 Å². The van der Waals surface area contributed by atoms with Gasteiger partial charge in [0.15, 0.2) is 0 Å². The second kappa shape index (κ2) is 8.41. The Balaban J connectivity index is 1.65. The van der Waals surface area contributed by atoms with Crippen LogP contribution in [0.2, 0.25) is 10.0 Å². The third kappa shape index (κ3) is 4.51. The molecule has 0 atom stereocenters. The van der Waals surface area contributed by atoms with Gasteiger partial charge < -0.3 is 5.32 Å². The van der Waals surface area contributed by atoms with Crippen molar-refractivity contribution in [3.63, 3.8) is 0 Å². The summed E-state index contributed by atoms with van der Waals surface area (Å²) in [5.74, 6) is -0.387. The van der Waals surface area contributed by atoms with Crippen molar-refractivity contribution in [1.29, 1.82) is 0 Å². The summed E-state index contributed by atoms with van der Waals surface area (Å²) in [5.41, 5.74) is 2.20. The minimum Gasteiger partial charge on any atom is -0.326 e. The fourth-order valence-electron chi connectivity index (χ4n) is 3.30. The number of sulfonamides is 1. The van der Waals surface area contributed by atoms with E-state index >= 15 is 0 Å². The highest BCUT2D eigenvalue weighted by molar-refractivity contribution is 7.89. The van der Waals surface area contributed by atoms with Gasteiger partial charge in [-0.2, -0.15) is 4.31 Å². The smallest absolute Gasteiger partial charge is 0.243 e. The number of carbonyl (C=O) groups is 1. The molecule has 1 saturated heterocycles. The van der Waals surface area contributed by atoms with Crippen LogP contribution in [-0.4, -0.2) is 31.7 Å². The van der Waals surface area contributed by atoms with Gasteiger partial charge in [0.25, 0.3) is 0 Å². The number of piperidine rings is 1. The quantitative estimate of drug-likeness (QED) is 0.751. The molecule has 28 heavy (non-hydrogen) atoms. The number of benzene rings is 2. The molecule has 0 aliphatic carbocycles. The Hall–Kier alpha value is -1.60. The average molecular weight is 441 g/mol. The van der Waals surface area contributed by atoms with Crippen molar-refractivity contribution in [2.45, 2.75) is 31.6 Å². The van der Waals surface area contributed by atoms with Crippen molar-refractivity contribution >= 4 is 44.8 Å². The Morgan fingerprint density at radius 1 is 1.04 bits per heavy atom. The molecule has 2 aromatic carbocycles. The Bertz CT molecular complexity index is 1000. The molecule has 8 heteroatoms. The van der Waals surface area contributed by atoms with E-state index in [-0.39, 0.29) is 11.8 Å². The Kier molecular flexibility index (Phi) is 6.34. The predicted octanol–water partition coefficient (Wildman–Crippen LogP) is 4.65. The van der Waals surface area contributed by atoms with Crippen molar-refractivity contribution < 1.29 is 13.2 Å². The second-order valence-corrected chi connectivity index (χ2v) is 9.79. The zero-order valence-electron chi connectivity index (χ0n) is 15.7. The van der Waals surface area contributed by atoms with E-state index in [4.69, 9.17) is 23.2 Å². The molecule has 1 aliphatic heterocycles. The van der Waals surface area contributed by atoms with Crippen LogP contribution in [-0.2, 0) is 14.8 Å². The highest BCUT2D eigenvalue weighted by atomic mass is 35.5. The van der Waals surface area contributed by atoms with E-state index in [2.05, 4.69) is 5.32 Å². The molecule has 0 aromatic heterocycles. The number of nitrogens with one attached hydrogen (secondary N) is 1. The van der Waals surface area contributed by atoms with Crippen LogP contribution in [0.5, 0.6) is 0 Å². The fourth-order valence-corrected chi connectivity index (χ4v) is 5.38. The number of aryl methyl sites for hydroxylation is 2. The first kappa shape index (κ1) is 21.1. The van der Waals surface area contributed by atoms with E-state index in [1.165, 1.54) is 4.31 Å². The molecule has 0 bridgehead atoms. The third-order valence-electron chi connectivity index (χ3n) is 4.97. The third-order valence-corrected chi connectivity index (χ3v) is 7.75. The van der Waals surface area contributed by atoms with E-state index in [0.29, 0.717) is 46.6 Å². The first-order valence-electron chi connectivity index (χ1n) is 9.02. The standard InChI is InChI=1S/C20H22Cl2N2O3S/c1-13-3-4-14(2)19(11-13)28(26,27)24-9-7-15(8-10-24)20(25)23-16-5-6-17(21)18(22)12-16/h3-6,11-12,15H,7-10H2,1-2H3,(H,23,25). The van der Waals surface area contributed by atoms with Gasteiger partial charge >= 0.3 is 0 Å². The zero-order chi connectivity index (χ0) is 20.5. The SMILES string of the molecule is Cc1ccc(C)c(S(=O)(=O)N2CCC(C(=O)Nc3ccc(Cl)c(Cl)c3)CC2)c1. The van der Waals surface area contributed by atoms with Crippen molar-refractivity contribution in [3.05, 3.63) is 57.6 Å². The van der Waals surface area contributed by atoms with Gasteiger partial charge in [-0.25, -0.2) is 8.42 Å². The maximum atomic E-state index is 13.0. The fraction of sp³-hybridized carbons (Fsp3) is 0.350. The van der Waals surface area contributed by atoms with Crippen molar-refractivity contribution in [2.24, 2.45) is 5.92 Å². The molecule has 0 unspecified atom stereocenters. The van der Waals surface area contributed by atoms with Crippen LogP contribution in [0.1, 0.15) is 24.0 Å². The summed E-state index contributed by atoms with van der Waals surface area (Å²) >= 11 is 11.9. The highest BCUT2D eigenvalue weighted by Gasteiger charge is 2.32. The van der Waals surface area contributed by atoms with Gasteiger partial charge in [0.05, 0.1) is 14.9 Å². The van der Waals surface area contributed by atoms with E-state index < -0.39 is 10.0 Å². The topological polar surface area (TPSA) is 66.5 Å². The highest BCUT2D eigenvalue weighted by Crippen LogP contribution is 2.28.